The zero-order valence-electron chi connectivity index (χ0n) is 7.52. The minimum absolute atomic E-state index is 0.174. The van der Waals surface area contributed by atoms with Gasteiger partial charge in [-0.25, -0.2) is 0 Å². The van der Waals surface area contributed by atoms with Gasteiger partial charge in [0.15, 0.2) is 0 Å². The highest BCUT2D eigenvalue weighted by atomic mass is 127. The molecule has 4 atom stereocenters. The van der Waals surface area contributed by atoms with E-state index in [1.54, 1.807) is 0 Å². The summed E-state index contributed by atoms with van der Waals surface area (Å²) in [6.07, 6.45) is -0.174. The first-order valence-corrected chi connectivity index (χ1v) is 5.83. The lowest BCUT2D eigenvalue weighted by Gasteiger charge is -2.01. The first kappa shape index (κ1) is 9.46. The third-order valence-electron chi connectivity index (χ3n) is 2.73. The number of alkyl halides is 1. The Hall–Kier alpha value is -0.0900. The molecular formula is C11H13IO. The number of aliphatic hydroxyl groups is 1. The van der Waals surface area contributed by atoms with Gasteiger partial charge in [0.1, 0.15) is 0 Å². The largest absolute Gasteiger partial charge is 0.393 e. The van der Waals surface area contributed by atoms with Crippen LogP contribution in [0.3, 0.4) is 0 Å². The Morgan fingerprint density at radius 3 is 2.38 bits per heavy atom. The van der Waals surface area contributed by atoms with Crippen LogP contribution in [0.15, 0.2) is 30.3 Å². The molecule has 1 aromatic carbocycles. The number of halogens is 1. The van der Waals surface area contributed by atoms with Gasteiger partial charge in [-0.1, -0.05) is 52.9 Å². The van der Waals surface area contributed by atoms with E-state index in [1.807, 2.05) is 13.0 Å². The minimum atomic E-state index is -0.174. The maximum absolute atomic E-state index is 9.49. The molecule has 1 aromatic rings. The predicted molar refractivity (Wildman–Crippen MR) is 62.2 cm³/mol. The first-order valence-electron chi connectivity index (χ1n) is 4.59. The standard InChI is InChI=1S/C11H13IO/c1-7(13)9-10(11(9)12)8-5-3-2-4-6-8/h2-7,9-11,13H,1H3/t7-,9-,10-,11+/m0/s1. The van der Waals surface area contributed by atoms with E-state index >= 15 is 0 Å². The molecule has 0 bridgehead atoms. The van der Waals surface area contributed by atoms with Gasteiger partial charge in [-0.3, -0.25) is 0 Å². The van der Waals surface area contributed by atoms with Crippen molar-refractivity contribution in [3.63, 3.8) is 0 Å². The van der Waals surface area contributed by atoms with Crippen molar-refractivity contribution in [3.05, 3.63) is 35.9 Å². The molecule has 0 heterocycles. The lowest BCUT2D eigenvalue weighted by atomic mass is 10.1. The summed E-state index contributed by atoms with van der Waals surface area (Å²) in [4.78, 5) is 0. The van der Waals surface area contributed by atoms with Gasteiger partial charge in [0.05, 0.1) is 6.10 Å². The van der Waals surface area contributed by atoms with E-state index in [0.29, 0.717) is 15.8 Å². The van der Waals surface area contributed by atoms with Gasteiger partial charge in [0, 0.05) is 15.8 Å². The summed E-state index contributed by atoms with van der Waals surface area (Å²) in [7, 11) is 0. The van der Waals surface area contributed by atoms with E-state index in [4.69, 9.17) is 0 Å². The van der Waals surface area contributed by atoms with E-state index < -0.39 is 0 Å². The van der Waals surface area contributed by atoms with Crippen LogP contribution in [0.5, 0.6) is 0 Å². The summed E-state index contributed by atoms with van der Waals surface area (Å²) in [5, 5.41) is 9.49. The Kier molecular flexibility index (Phi) is 2.60. The Bertz CT molecular complexity index is 283. The van der Waals surface area contributed by atoms with Crippen molar-refractivity contribution in [1.29, 1.82) is 0 Å². The van der Waals surface area contributed by atoms with Gasteiger partial charge < -0.3 is 5.11 Å². The molecule has 2 heteroatoms. The molecule has 13 heavy (non-hydrogen) atoms. The maximum atomic E-state index is 9.49. The normalized spacial score (nSPS) is 34.2. The summed E-state index contributed by atoms with van der Waals surface area (Å²) in [6, 6.07) is 10.5. The fourth-order valence-electron chi connectivity index (χ4n) is 1.94. The molecule has 1 nitrogen and oxygen atoms in total. The summed E-state index contributed by atoms with van der Waals surface area (Å²) < 4.78 is 0.611. The van der Waals surface area contributed by atoms with Crippen molar-refractivity contribution < 1.29 is 5.11 Å². The van der Waals surface area contributed by atoms with Crippen LogP contribution in [-0.2, 0) is 0 Å². The third kappa shape index (κ3) is 1.74. The topological polar surface area (TPSA) is 20.2 Å². The van der Waals surface area contributed by atoms with Crippen LogP contribution in [0.1, 0.15) is 18.4 Å². The highest BCUT2D eigenvalue weighted by Gasteiger charge is 2.51. The first-order chi connectivity index (χ1) is 6.22. The van der Waals surface area contributed by atoms with Crippen LogP contribution in [0.4, 0.5) is 0 Å². The van der Waals surface area contributed by atoms with E-state index in [-0.39, 0.29) is 6.10 Å². The predicted octanol–water partition coefficient (Wildman–Crippen LogP) is 2.58. The van der Waals surface area contributed by atoms with Crippen LogP contribution < -0.4 is 0 Å². The molecule has 0 aliphatic heterocycles. The van der Waals surface area contributed by atoms with Crippen molar-refractivity contribution in [2.75, 3.05) is 0 Å². The molecule has 0 unspecified atom stereocenters. The molecule has 1 saturated carbocycles. The van der Waals surface area contributed by atoms with E-state index in [1.165, 1.54) is 5.56 Å². The Morgan fingerprint density at radius 2 is 1.92 bits per heavy atom. The van der Waals surface area contributed by atoms with E-state index in [9.17, 15) is 5.11 Å². The molecule has 1 fully saturated rings. The molecule has 1 aliphatic rings. The second-order valence-electron chi connectivity index (χ2n) is 3.70. The SMILES string of the molecule is C[C@H](O)[C@@H]1[C@@H](I)[C@H]1c1ccccc1. The molecule has 0 aromatic heterocycles. The summed E-state index contributed by atoms with van der Waals surface area (Å²) >= 11 is 2.44. The third-order valence-corrected chi connectivity index (χ3v) is 4.33. The van der Waals surface area contributed by atoms with Crippen molar-refractivity contribution in [2.45, 2.75) is 22.9 Å². The van der Waals surface area contributed by atoms with Gasteiger partial charge >= 0.3 is 0 Å². The smallest absolute Gasteiger partial charge is 0.0556 e. The molecule has 2 rings (SSSR count). The lowest BCUT2D eigenvalue weighted by Crippen LogP contribution is -2.04. The van der Waals surface area contributed by atoms with Crippen LogP contribution in [0.2, 0.25) is 0 Å². The van der Waals surface area contributed by atoms with E-state index in [2.05, 4.69) is 46.9 Å². The molecule has 0 spiro atoms. The maximum Gasteiger partial charge on any atom is 0.0556 e. The van der Waals surface area contributed by atoms with Crippen molar-refractivity contribution >= 4 is 22.6 Å². The molecule has 0 amide bonds. The number of hydrogen-bond acceptors (Lipinski definition) is 1. The second kappa shape index (κ2) is 3.58. The van der Waals surface area contributed by atoms with Gasteiger partial charge in [0.2, 0.25) is 0 Å². The van der Waals surface area contributed by atoms with Crippen molar-refractivity contribution in [1.82, 2.24) is 0 Å². The minimum Gasteiger partial charge on any atom is -0.393 e. The fraction of sp³-hybridized carbons (Fsp3) is 0.455. The molecular weight excluding hydrogens is 275 g/mol. The second-order valence-corrected chi connectivity index (χ2v) is 5.14. The quantitative estimate of drug-likeness (QED) is 0.655. The van der Waals surface area contributed by atoms with Gasteiger partial charge in [-0.15, -0.1) is 0 Å². The molecule has 1 aliphatic carbocycles. The van der Waals surface area contributed by atoms with Crippen molar-refractivity contribution in [2.24, 2.45) is 5.92 Å². The number of rotatable bonds is 2. The van der Waals surface area contributed by atoms with Gasteiger partial charge in [-0.05, 0) is 12.5 Å². The van der Waals surface area contributed by atoms with Crippen LogP contribution in [0, 0.1) is 5.92 Å². The average molecular weight is 288 g/mol. The Labute approximate surface area is 92.3 Å². The Balaban J connectivity index is 2.14. The number of benzene rings is 1. The van der Waals surface area contributed by atoms with E-state index in [0.717, 1.165) is 0 Å². The Morgan fingerprint density at radius 1 is 1.31 bits per heavy atom. The monoisotopic (exact) mass is 288 g/mol. The highest BCUT2D eigenvalue weighted by Crippen LogP contribution is 2.54. The summed E-state index contributed by atoms with van der Waals surface area (Å²) in [5.74, 6) is 1.03. The zero-order valence-corrected chi connectivity index (χ0v) is 9.68. The van der Waals surface area contributed by atoms with Gasteiger partial charge in [0.25, 0.3) is 0 Å². The number of hydrogen-bond donors (Lipinski definition) is 1. The molecule has 1 N–H and O–H groups in total. The molecule has 70 valence electrons. The zero-order chi connectivity index (χ0) is 9.42. The highest BCUT2D eigenvalue weighted by molar-refractivity contribution is 14.1. The van der Waals surface area contributed by atoms with Crippen LogP contribution in [-0.4, -0.2) is 15.1 Å². The average Bonchev–Trinajstić information content (AvgIpc) is 2.79. The van der Waals surface area contributed by atoms with Crippen LogP contribution >= 0.6 is 22.6 Å². The summed E-state index contributed by atoms with van der Waals surface area (Å²) in [5.41, 5.74) is 1.37. The summed E-state index contributed by atoms with van der Waals surface area (Å²) in [6.45, 7) is 1.89. The molecule has 0 radical (unpaired) electrons. The van der Waals surface area contributed by atoms with Crippen molar-refractivity contribution in [3.8, 4) is 0 Å². The lowest BCUT2D eigenvalue weighted by molar-refractivity contribution is 0.170. The van der Waals surface area contributed by atoms with Crippen LogP contribution in [0.25, 0.3) is 0 Å². The molecule has 0 saturated heterocycles. The fourth-order valence-corrected chi connectivity index (χ4v) is 3.65. The number of aliphatic hydroxyl groups excluding tert-OH is 1. The van der Waals surface area contributed by atoms with Gasteiger partial charge in [-0.2, -0.15) is 0 Å².